The Bertz CT molecular complexity index is 59.9. The molecular weight excluding hydrogens is 307 g/mol. The van der Waals surface area contributed by atoms with Gasteiger partial charge < -0.3 is 14.4 Å². The number of rotatable bonds is 1. The van der Waals surface area contributed by atoms with Gasteiger partial charge in [0.15, 0.2) is 0 Å². The molecule has 0 atom stereocenters. The summed E-state index contributed by atoms with van der Waals surface area (Å²) in [6, 6.07) is 0. The molecule has 0 aromatic rings. The number of hydrogen-bond acceptors (Lipinski definition) is 0. The Labute approximate surface area is 117 Å². The monoisotopic (exact) mass is 320 g/mol. The van der Waals surface area contributed by atoms with E-state index in [1.165, 1.54) is 5.57 Å². The molecular formula is C7H13KW-3. The first-order valence-corrected chi connectivity index (χ1v) is 2.05. The quantitative estimate of drug-likeness (QED) is 0.512. The molecule has 0 aromatic carbocycles. The molecule has 9 heavy (non-hydrogen) atoms. The molecule has 0 aliphatic carbocycles. The summed E-state index contributed by atoms with van der Waals surface area (Å²) in [6.07, 6.45) is 2.70. The zero-order valence-corrected chi connectivity index (χ0v) is 12.7. The van der Waals surface area contributed by atoms with Crippen LogP contribution in [-0.2, 0) is 21.1 Å². The SMILES string of the molecule is [CH2-]/C=C(/C)C[CH2-].[CH3-].[K].[W]. The van der Waals surface area contributed by atoms with Crippen LogP contribution in [0, 0.1) is 21.3 Å². The fourth-order valence-electron chi connectivity index (χ4n) is 0.102. The molecule has 0 aromatic heterocycles. The average Bonchev–Trinajstić information content (AvgIpc) is 1.65. The van der Waals surface area contributed by atoms with Crippen molar-refractivity contribution in [1.82, 2.24) is 0 Å². The molecule has 0 fully saturated rings. The third kappa shape index (κ3) is 17.8. The topological polar surface area (TPSA) is 0 Å². The molecule has 1 radical (unpaired) electrons. The van der Waals surface area contributed by atoms with Crippen molar-refractivity contribution in [3.8, 4) is 0 Å². The van der Waals surface area contributed by atoms with Gasteiger partial charge >= 0.3 is 0 Å². The van der Waals surface area contributed by atoms with Gasteiger partial charge in [-0.1, -0.05) is 0 Å². The third-order valence-electron chi connectivity index (χ3n) is 0.743. The van der Waals surface area contributed by atoms with Crippen molar-refractivity contribution in [2.45, 2.75) is 13.3 Å². The van der Waals surface area contributed by atoms with E-state index in [1.807, 2.05) is 13.0 Å². The molecule has 0 aliphatic heterocycles. The Morgan fingerprint density at radius 2 is 1.89 bits per heavy atom. The summed E-state index contributed by atoms with van der Waals surface area (Å²) in [6.45, 7) is 9.22. The van der Waals surface area contributed by atoms with Crippen LogP contribution in [0.5, 0.6) is 0 Å². The predicted octanol–water partition coefficient (Wildman–Crippen LogP) is 2.06. The Balaban J connectivity index is -0.0000000417. The first-order chi connectivity index (χ1) is 2.81. The molecule has 0 unspecified atom stereocenters. The smallest absolute Gasteiger partial charge is 0 e. The van der Waals surface area contributed by atoms with Crippen LogP contribution in [0.4, 0.5) is 0 Å². The molecule has 0 heterocycles. The summed E-state index contributed by atoms with van der Waals surface area (Å²) < 4.78 is 0. The van der Waals surface area contributed by atoms with Crippen LogP contribution < -0.4 is 0 Å². The minimum Gasteiger partial charge on any atom is -0.358 e. The summed E-state index contributed by atoms with van der Waals surface area (Å²) in [4.78, 5) is 0. The zero-order chi connectivity index (χ0) is 4.99. The molecule has 0 bridgehead atoms. The van der Waals surface area contributed by atoms with Crippen LogP contribution in [0.2, 0.25) is 0 Å². The predicted molar refractivity (Wildman–Crippen MR) is 41.3 cm³/mol. The first-order valence-electron chi connectivity index (χ1n) is 2.05. The van der Waals surface area contributed by atoms with E-state index in [-0.39, 0.29) is 79.9 Å². The summed E-state index contributed by atoms with van der Waals surface area (Å²) in [5.74, 6) is 0. The van der Waals surface area contributed by atoms with Gasteiger partial charge in [-0.15, -0.1) is 6.92 Å². The van der Waals surface area contributed by atoms with Crippen LogP contribution in [0.15, 0.2) is 11.6 Å². The van der Waals surface area contributed by atoms with Gasteiger partial charge in [0.1, 0.15) is 0 Å². The molecule has 0 saturated carbocycles. The first kappa shape index (κ1) is 22.4. The van der Waals surface area contributed by atoms with Crippen molar-refractivity contribution in [2.24, 2.45) is 0 Å². The molecule has 0 aliphatic rings. The molecule has 0 spiro atoms. The van der Waals surface area contributed by atoms with Crippen molar-refractivity contribution in [3.63, 3.8) is 0 Å². The average molecular weight is 320 g/mol. The molecule has 2 heteroatoms. The van der Waals surface area contributed by atoms with E-state index < -0.39 is 0 Å². The second-order valence-electron chi connectivity index (χ2n) is 1.30. The van der Waals surface area contributed by atoms with Gasteiger partial charge in [0.2, 0.25) is 0 Å². The van der Waals surface area contributed by atoms with Crippen molar-refractivity contribution >= 4 is 51.4 Å². The van der Waals surface area contributed by atoms with Crippen LogP contribution in [-0.4, -0.2) is 51.4 Å². The molecule has 0 rings (SSSR count). The molecule has 0 amide bonds. The van der Waals surface area contributed by atoms with Gasteiger partial charge in [-0.2, -0.15) is 0 Å². The fraction of sp³-hybridized carbons (Fsp3) is 0.286. The maximum absolute atomic E-state index is 3.65. The van der Waals surface area contributed by atoms with Crippen LogP contribution in [0.1, 0.15) is 13.3 Å². The zero-order valence-electron chi connectivity index (χ0n) is 6.61. The van der Waals surface area contributed by atoms with E-state index >= 15 is 0 Å². The minimum atomic E-state index is 0. The van der Waals surface area contributed by atoms with Gasteiger partial charge in [-0.25, -0.2) is 25.0 Å². The van der Waals surface area contributed by atoms with Gasteiger partial charge in [0.25, 0.3) is 0 Å². The van der Waals surface area contributed by atoms with E-state index in [0.29, 0.717) is 0 Å². The Hall–Kier alpha value is 1.93. The Kier molecular flexibility index (Phi) is 41.1. The number of allylic oxidation sites excluding steroid dienone is 2. The van der Waals surface area contributed by atoms with Crippen LogP contribution in [0.3, 0.4) is 0 Å². The van der Waals surface area contributed by atoms with E-state index in [4.69, 9.17) is 0 Å². The standard InChI is InChI=1S/C6H10.CH3.K.W/c1-4-6(3)5-2;;;/h4H,1-2,5H2,3H3;1H3;;/q-2;-1;;/b6-4-;;;. The summed E-state index contributed by atoms with van der Waals surface area (Å²) in [5.41, 5.74) is 1.25. The largest absolute Gasteiger partial charge is 0.358 e. The molecule has 0 N–H and O–H groups in total. The van der Waals surface area contributed by atoms with Crippen LogP contribution >= 0.6 is 0 Å². The molecule has 0 nitrogen and oxygen atoms in total. The fourth-order valence-corrected chi connectivity index (χ4v) is 0.102. The van der Waals surface area contributed by atoms with Gasteiger partial charge in [0, 0.05) is 72.4 Å². The van der Waals surface area contributed by atoms with E-state index in [0.717, 1.165) is 6.42 Å². The van der Waals surface area contributed by atoms with Gasteiger partial charge in [0.05, 0.1) is 0 Å². The Morgan fingerprint density at radius 1 is 1.56 bits per heavy atom. The van der Waals surface area contributed by atoms with E-state index in [2.05, 4.69) is 13.8 Å². The Morgan fingerprint density at radius 3 is 1.89 bits per heavy atom. The third-order valence-corrected chi connectivity index (χ3v) is 0.743. The van der Waals surface area contributed by atoms with Crippen molar-refractivity contribution in [1.29, 1.82) is 0 Å². The van der Waals surface area contributed by atoms with E-state index in [1.54, 1.807) is 0 Å². The maximum Gasteiger partial charge on any atom is 0 e. The van der Waals surface area contributed by atoms with Crippen LogP contribution in [0.25, 0.3) is 0 Å². The summed E-state index contributed by atoms with van der Waals surface area (Å²) in [7, 11) is 0. The number of hydrogen-bond donors (Lipinski definition) is 0. The maximum atomic E-state index is 3.65. The van der Waals surface area contributed by atoms with Gasteiger partial charge in [-0.3, -0.25) is 0 Å². The second-order valence-corrected chi connectivity index (χ2v) is 1.30. The minimum absolute atomic E-state index is 0. The molecule has 51 valence electrons. The second kappa shape index (κ2) is 16.5. The summed E-state index contributed by atoms with van der Waals surface area (Å²) in [5, 5.41) is 0. The normalized spacial score (nSPS) is 8.00. The van der Waals surface area contributed by atoms with E-state index in [9.17, 15) is 0 Å². The molecule has 0 saturated heterocycles. The van der Waals surface area contributed by atoms with Crippen molar-refractivity contribution in [3.05, 3.63) is 32.9 Å². The summed E-state index contributed by atoms with van der Waals surface area (Å²) >= 11 is 0. The van der Waals surface area contributed by atoms with Crippen molar-refractivity contribution < 1.29 is 21.1 Å². The van der Waals surface area contributed by atoms with Gasteiger partial charge in [-0.05, 0) is 0 Å². The van der Waals surface area contributed by atoms with Crippen molar-refractivity contribution in [2.75, 3.05) is 0 Å².